The van der Waals surface area contributed by atoms with Gasteiger partial charge in [0.05, 0.1) is 0 Å². The molecule has 6 heteroatoms. The van der Waals surface area contributed by atoms with Crippen LogP contribution < -0.4 is 11.1 Å². The van der Waals surface area contributed by atoms with Gasteiger partial charge in [-0.1, -0.05) is 60.4 Å². The lowest BCUT2D eigenvalue weighted by Gasteiger charge is -2.14. The molecule has 4 rings (SSSR count). The number of carbonyl (C=O) groups excluding carboxylic acids is 1. The zero-order valence-corrected chi connectivity index (χ0v) is 16.2. The van der Waals surface area contributed by atoms with E-state index in [2.05, 4.69) is 46.4 Å². The van der Waals surface area contributed by atoms with Crippen LogP contribution in [0.4, 0.5) is 15.0 Å². The Kier molecular flexibility index (Phi) is 5.62. The van der Waals surface area contributed by atoms with Crippen LogP contribution in [0, 0.1) is 17.7 Å². The van der Waals surface area contributed by atoms with Crippen LogP contribution in [0.25, 0.3) is 11.1 Å². The number of nitrogens with zero attached hydrogens (tertiary/aromatic N) is 1. The summed E-state index contributed by atoms with van der Waals surface area (Å²) in [5.41, 5.74) is 10.5. The molecule has 3 aromatic rings. The summed E-state index contributed by atoms with van der Waals surface area (Å²) >= 11 is 0. The average Bonchev–Trinajstić information content (AvgIpc) is 3.08. The first kappa shape index (κ1) is 19.5. The number of amides is 1. The molecular formula is C24H20FN3O2. The summed E-state index contributed by atoms with van der Waals surface area (Å²) in [6, 6.07) is 17.6. The van der Waals surface area contributed by atoms with Crippen LogP contribution in [0.3, 0.4) is 0 Å². The maximum atomic E-state index is 13.3. The first-order chi connectivity index (χ1) is 14.6. The van der Waals surface area contributed by atoms with Gasteiger partial charge in [0.1, 0.15) is 6.61 Å². The van der Waals surface area contributed by atoms with Gasteiger partial charge in [-0.05, 0) is 28.3 Å². The molecule has 1 aliphatic carbocycles. The summed E-state index contributed by atoms with van der Waals surface area (Å²) in [7, 11) is 0. The molecule has 0 atom stereocenters. The van der Waals surface area contributed by atoms with Gasteiger partial charge in [-0.15, -0.1) is 0 Å². The van der Waals surface area contributed by atoms with Crippen LogP contribution in [-0.2, 0) is 4.74 Å². The number of fused-ring (bicyclic) bond motifs is 3. The lowest BCUT2D eigenvalue weighted by atomic mass is 9.98. The number of halogens is 1. The van der Waals surface area contributed by atoms with Gasteiger partial charge in [-0.25, -0.2) is 14.2 Å². The molecule has 0 saturated heterocycles. The predicted molar refractivity (Wildman–Crippen MR) is 113 cm³/mol. The van der Waals surface area contributed by atoms with E-state index in [1.54, 1.807) is 0 Å². The Balaban J connectivity index is 1.29. The van der Waals surface area contributed by atoms with E-state index < -0.39 is 11.9 Å². The summed E-state index contributed by atoms with van der Waals surface area (Å²) < 4.78 is 18.8. The van der Waals surface area contributed by atoms with Crippen molar-refractivity contribution in [2.24, 2.45) is 0 Å². The van der Waals surface area contributed by atoms with Crippen molar-refractivity contribution in [1.29, 1.82) is 0 Å². The number of alkyl carbamates (subject to hydrolysis) is 1. The SMILES string of the molecule is Nc1ncc(C#CCCNC(=O)OCC2c3ccccc3-c3ccccc32)cc1F. The molecule has 5 nitrogen and oxygen atoms in total. The number of pyridine rings is 1. The third kappa shape index (κ3) is 4.11. The van der Waals surface area contributed by atoms with Crippen LogP contribution in [0.15, 0.2) is 60.8 Å². The van der Waals surface area contributed by atoms with Crippen molar-refractivity contribution in [2.45, 2.75) is 12.3 Å². The number of hydrogen-bond acceptors (Lipinski definition) is 4. The first-order valence-electron chi connectivity index (χ1n) is 9.62. The molecule has 2 aromatic carbocycles. The lowest BCUT2D eigenvalue weighted by molar-refractivity contribution is 0.143. The fourth-order valence-electron chi connectivity index (χ4n) is 3.56. The summed E-state index contributed by atoms with van der Waals surface area (Å²) in [5.74, 6) is 4.91. The van der Waals surface area contributed by atoms with E-state index in [0.29, 0.717) is 18.5 Å². The van der Waals surface area contributed by atoms with Gasteiger partial charge in [-0.3, -0.25) is 0 Å². The number of nitrogens with one attached hydrogen (secondary N) is 1. The fourth-order valence-corrected chi connectivity index (χ4v) is 3.56. The second kappa shape index (κ2) is 8.66. The average molecular weight is 401 g/mol. The van der Waals surface area contributed by atoms with Crippen LogP contribution in [0.5, 0.6) is 0 Å². The summed E-state index contributed by atoms with van der Waals surface area (Å²) in [4.78, 5) is 15.8. The molecule has 1 aliphatic rings. The van der Waals surface area contributed by atoms with E-state index >= 15 is 0 Å². The molecule has 150 valence electrons. The van der Waals surface area contributed by atoms with Gasteiger partial charge in [0.25, 0.3) is 0 Å². The number of nitrogens with two attached hydrogens (primary N) is 1. The molecule has 0 bridgehead atoms. The molecule has 30 heavy (non-hydrogen) atoms. The van der Waals surface area contributed by atoms with Crippen LogP contribution >= 0.6 is 0 Å². The minimum Gasteiger partial charge on any atom is -0.449 e. The van der Waals surface area contributed by atoms with Crippen molar-refractivity contribution in [3.05, 3.63) is 83.3 Å². The predicted octanol–water partition coefficient (Wildman–Crippen LogP) is 4.08. The monoisotopic (exact) mass is 401 g/mol. The van der Waals surface area contributed by atoms with Crippen molar-refractivity contribution in [2.75, 3.05) is 18.9 Å². The minimum atomic E-state index is -0.599. The maximum Gasteiger partial charge on any atom is 0.407 e. The molecule has 0 unspecified atom stereocenters. The van der Waals surface area contributed by atoms with Crippen molar-refractivity contribution >= 4 is 11.9 Å². The quantitative estimate of drug-likeness (QED) is 0.510. The van der Waals surface area contributed by atoms with Gasteiger partial charge < -0.3 is 15.8 Å². The van der Waals surface area contributed by atoms with Crippen molar-refractivity contribution in [1.82, 2.24) is 10.3 Å². The molecule has 0 fully saturated rings. The van der Waals surface area contributed by atoms with Gasteiger partial charge in [0, 0.05) is 30.6 Å². The maximum absolute atomic E-state index is 13.3. The second-order valence-electron chi connectivity index (χ2n) is 6.90. The van der Waals surface area contributed by atoms with E-state index in [4.69, 9.17) is 10.5 Å². The number of benzene rings is 2. The Morgan fingerprint density at radius 3 is 2.47 bits per heavy atom. The Morgan fingerprint density at radius 2 is 1.80 bits per heavy atom. The Bertz CT molecular complexity index is 1100. The number of anilines is 1. The number of ether oxygens (including phenoxy) is 1. The standard InChI is InChI=1S/C24H20FN3O2/c25-22-13-16(14-28-23(22)26)7-5-6-12-27-24(29)30-15-21-19-10-3-1-8-17(19)18-9-2-4-11-20(18)21/h1-4,8-11,13-14,21H,6,12,15H2,(H2,26,28)(H,27,29). The van der Waals surface area contributed by atoms with Crippen molar-refractivity contribution in [3.8, 4) is 23.0 Å². The molecule has 1 heterocycles. The largest absolute Gasteiger partial charge is 0.449 e. The van der Waals surface area contributed by atoms with Gasteiger partial charge >= 0.3 is 6.09 Å². The molecule has 0 spiro atoms. The Hall–Kier alpha value is -3.85. The molecule has 1 amide bonds. The van der Waals surface area contributed by atoms with E-state index in [9.17, 15) is 9.18 Å². The summed E-state index contributed by atoms with van der Waals surface area (Å²) in [6.07, 6.45) is 1.32. The number of hydrogen-bond donors (Lipinski definition) is 2. The van der Waals surface area contributed by atoms with E-state index in [1.165, 1.54) is 34.5 Å². The summed E-state index contributed by atoms with van der Waals surface area (Å²) in [5, 5.41) is 2.69. The highest BCUT2D eigenvalue weighted by Gasteiger charge is 2.28. The highest BCUT2D eigenvalue weighted by atomic mass is 19.1. The van der Waals surface area contributed by atoms with Crippen molar-refractivity contribution < 1.29 is 13.9 Å². The molecule has 0 radical (unpaired) electrons. The van der Waals surface area contributed by atoms with Gasteiger partial charge in [0.15, 0.2) is 11.6 Å². The van der Waals surface area contributed by atoms with Gasteiger partial charge in [0.2, 0.25) is 0 Å². The molecular weight excluding hydrogens is 381 g/mol. The third-order valence-electron chi connectivity index (χ3n) is 4.97. The highest BCUT2D eigenvalue weighted by Crippen LogP contribution is 2.44. The molecule has 3 N–H and O–H groups in total. The van der Waals surface area contributed by atoms with Gasteiger partial charge in [-0.2, -0.15) is 0 Å². The zero-order valence-electron chi connectivity index (χ0n) is 16.2. The minimum absolute atomic E-state index is 0.0239. The first-order valence-corrected chi connectivity index (χ1v) is 9.62. The lowest BCUT2D eigenvalue weighted by Crippen LogP contribution is -2.26. The third-order valence-corrected chi connectivity index (χ3v) is 4.97. The highest BCUT2D eigenvalue weighted by molar-refractivity contribution is 5.79. The number of nitrogen functional groups attached to an aromatic ring is 1. The molecule has 1 aromatic heterocycles. The summed E-state index contributed by atoms with van der Waals surface area (Å²) in [6.45, 7) is 0.594. The van der Waals surface area contributed by atoms with Crippen molar-refractivity contribution in [3.63, 3.8) is 0 Å². The Labute approximate surface area is 174 Å². The molecule has 0 saturated carbocycles. The molecule has 0 aliphatic heterocycles. The number of rotatable bonds is 4. The van der Waals surface area contributed by atoms with E-state index in [-0.39, 0.29) is 18.3 Å². The normalized spacial score (nSPS) is 11.8. The van der Waals surface area contributed by atoms with E-state index in [1.807, 2.05) is 24.3 Å². The fraction of sp³-hybridized carbons (Fsp3) is 0.167. The number of aromatic nitrogens is 1. The zero-order chi connectivity index (χ0) is 20.9. The topological polar surface area (TPSA) is 77.2 Å². The van der Waals surface area contributed by atoms with Crippen LogP contribution in [0.2, 0.25) is 0 Å². The van der Waals surface area contributed by atoms with Crippen LogP contribution in [0.1, 0.15) is 29.0 Å². The second-order valence-corrected chi connectivity index (χ2v) is 6.90. The van der Waals surface area contributed by atoms with E-state index in [0.717, 1.165) is 0 Å². The Morgan fingerprint density at radius 1 is 1.13 bits per heavy atom. The van der Waals surface area contributed by atoms with Crippen LogP contribution in [-0.4, -0.2) is 24.2 Å². The smallest absolute Gasteiger partial charge is 0.407 e. The number of carbonyl (C=O) groups is 1.